The summed E-state index contributed by atoms with van der Waals surface area (Å²) in [6.45, 7) is 2.03. The fourth-order valence-electron chi connectivity index (χ4n) is 5.24. The van der Waals surface area contributed by atoms with Gasteiger partial charge in [0.15, 0.2) is 5.82 Å². The molecule has 2 fully saturated rings. The van der Waals surface area contributed by atoms with Crippen LogP contribution in [0.2, 0.25) is 0 Å². The van der Waals surface area contributed by atoms with E-state index in [1.54, 1.807) is 0 Å². The Morgan fingerprint density at radius 2 is 1.97 bits per heavy atom. The van der Waals surface area contributed by atoms with Crippen molar-refractivity contribution >= 4 is 28.3 Å². The Kier molecular flexibility index (Phi) is 4.70. The number of nitrogen functional groups attached to an aromatic ring is 1. The van der Waals surface area contributed by atoms with Gasteiger partial charge in [0.25, 0.3) is 0 Å². The van der Waals surface area contributed by atoms with Gasteiger partial charge in [-0.05, 0) is 49.3 Å². The smallest absolute Gasteiger partial charge is 0.407 e. The summed E-state index contributed by atoms with van der Waals surface area (Å²) in [6, 6.07) is 8.49. The summed E-state index contributed by atoms with van der Waals surface area (Å²) in [5.74, 6) is 1.40. The maximum atomic E-state index is 11.3. The molecule has 1 amide bonds. The molecule has 33 heavy (non-hydrogen) atoms. The van der Waals surface area contributed by atoms with E-state index in [1.165, 1.54) is 30.5 Å². The van der Waals surface area contributed by atoms with Gasteiger partial charge in [0.05, 0.1) is 5.52 Å². The molecule has 0 bridgehead atoms. The minimum absolute atomic E-state index is 0.210. The van der Waals surface area contributed by atoms with E-state index in [1.807, 2.05) is 4.52 Å². The number of carbonyl (C=O) groups is 1. The van der Waals surface area contributed by atoms with Crippen LogP contribution in [0.1, 0.15) is 43.7 Å². The quantitative estimate of drug-likeness (QED) is 0.491. The van der Waals surface area contributed by atoms with E-state index in [0.29, 0.717) is 18.9 Å². The van der Waals surface area contributed by atoms with Crippen LogP contribution in [0.5, 0.6) is 0 Å². The van der Waals surface area contributed by atoms with Crippen LogP contribution >= 0.6 is 0 Å². The van der Waals surface area contributed by atoms with E-state index < -0.39 is 6.09 Å². The lowest BCUT2D eigenvalue weighted by Gasteiger charge is -2.29. The van der Waals surface area contributed by atoms with Gasteiger partial charge in [-0.3, -0.25) is 4.68 Å². The SMILES string of the molecule is Nc1ncnn2c(C3CCN(C(=O)O)CC3)cc(-c3ccc4cn(CC5CCC5)nc4c3)c12. The lowest BCUT2D eigenvalue weighted by Crippen LogP contribution is -2.37. The molecule has 4 aromatic rings. The molecule has 1 saturated carbocycles. The van der Waals surface area contributed by atoms with Gasteiger partial charge in [-0.1, -0.05) is 18.6 Å². The van der Waals surface area contributed by atoms with Crippen LogP contribution < -0.4 is 5.73 Å². The van der Waals surface area contributed by atoms with Crippen LogP contribution in [0.15, 0.2) is 36.8 Å². The number of benzene rings is 1. The molecule has 1 aromatic carbocycles. The van der Waals surface area contributed by atoms with E-state index in [2.05, 4.69) is 45.2 Å². The number of rotatable bonds is 4. The van der Waals surface area contributed by atoms with Crippen LogP contribution in [0.25, 0.3) is 27.5 Å². The van der Waals surface area contributed by atoms with Crippen molar-refractivity contribution < 1.29 is 9.90 Å². The summed E-state index contributed by atoms with van der Waals surface area (Å²) in [7, 11) is 0. The molecule has 0 radical (unpaired) electrons. The van der Waals surface area contributed by atoms with Crippen molar-refractivity contribution in [1.29, 1.82) is 0 Å². The summed E-state index contributed by atoms with van der Waals surface area (Å²) in [6.07, 6.45) is 8.20. The Hall–Kier alpha value is -3.62. The molecule has 3 N–H and O–H groups in total. The Balaban J connectivity index is 1.38. The van der Waals surface area contributed by atoms with Crippen LogP contribution in [-0.4, -0.2) is 53.6 Å². The topological polar surface area (TPSA) is 115 Å². The molecular formula is C24H27N7O2. The highest BCUT2D eigenvalue weighted by Crippen LogP contribution is 2.37. The van der Waals surface area contributed by atoms with Crippen molar-refractivity contribution in [2.45, 2.75) is 44.6 Å². The van der Waals surface area contributed by atoms with Crippen LogP contribution in [0.4, 0.5) is 10.6 Å². The number of nitrogens with two attached hydrogens (primary N) is 1. The highest BCUT2D eigenvalue weighted by Gasteiger charge is 2.27. The molecule has 1 aliphatic carbocycles. The largest absolute Gasteiger partial charge is 0.465 e. The summed E-state index contributed by atoms with van der Waals surface area (Å²) in [4.78, 5) is 17.0. The third kappa shape index (κ3) is 3.48. The van der Waals surface area contributed by atoms with E-state index in [9.17, 15) is 9.90 Å². The van der Waals surface area contributed by atoms with Crippen molar-refractivity contribution in [1.82, 2.24) is 29.3 Å². The zero-order chi connectivity index (χ0) is 22.5. The number of carboxylic acid groups (broad SMARTS) is 1. The summed E-state index contributed by atoms with van der Waals surface area (Å²) >= 11 is 0. The van der Waals surface area contributed by atoms with Crippen molar-refractivity contribution in [3.05, 3.63) is 42.5 Å². The fraction of sp³-hybridized carbons (Fsp3) is 0.417. The number of amides is 1. The second-order valence-corrected chi connectivity index (χ2v) is 9.35. The van der Waals surface area contributed by atoms with E-state index in [4.69, 9.17) is 10.8 Å². The number of fused-ring (bicyclic) bond motifs is 2. The molecule has 1 aliphatic heterocycles. The van der Waals surface area contributed by atoms with Gasteiger partial charge in [0, 0.05) is 48.4 Å². The summed E-state index contributed by atoms with van der Waals surface area (Å²) in [5.41, 5.74) is 11.1. The monoisotopic (exact) mass is 445 g/mol. The van der Waals surface area contributed by atoms with E-state index in [0.717, 1.165) is 58.5 Å². The highest BCUT2D eigenvalue weighted by molar-refractivity contribution is 5.92. The van der Waals surface area contributed by atoms with Crippen molar-refractivity contribution in [3.8, 4) is 11.1 Å². The number of anilines is 1. The molecule has 170 valence electrons. The molecule has 4 heterocycles. The van der Waals surface area contributed by atoms with E-state index >= 15 is 0 Å². The average molecular weight is 446 g/mol. The molecule has 3 aromatic heterocycles. The minimum Gasteiger partial charge on any atom is -0.465 e. The number of aromatic nitrogens is 5. The van der Waals surface area contributed by atoms with Gasteiger partial charge < -0.3 is 15.7 Å². The zero-order valence-corrected chi connectivity index (χ0v) is 18.4. The van der Waals surface area contributed by atoms with Crippen LogP contribution in [0.3, 0.4) is 0 Å². The van der Waals surface area contributed by atoms with Gasteiger partial charge in [-0.15, -0.1) is 0 Å². The molecular weight excluding hydrogens is 418 g/mol. The molecule has 0 spiro atoms. The Morgan fingerprint density at radius 1 is 1.15 bits per heavy atom. The highest BCUT2D eigenvalue weighted by atomic mass is 16.4. The normalized spacial score (nSPS) is 17.6. The Morgan fingerprint density at radius 3 is 2.70 bits per heavy atom. The standard InChI is InChI=1S/C24H27N7O2/c25-23-22-19(17-4-5-18-13-30(28-20(18)10-17)12-15-2-1-3-15)11-21(31(22)27-14-26-23)16-6-8-29(9-7-16)24(32)33/h4-5,10-11,13-16H,1-3,6-9,12H2,(H,32,33)(H2,25,26,27). The second kappa shape index (κ2) is 7.75. The lowest BCUT2D eigenvalue weighted by molar-refractivity contribution is 0.131. The maximum absolute atomic E-state index is 11.3. The van der Waals surface area contributed by atoms with Gasteiger partial charge in [-0.25, -0.2) is 14.3 Å². The third-order valence-electron chi connectivity index (χ3n) is 7.33. The first-order valence-corrected chi connectivity index (χ1v) is 11.6. The molecule has 9 nitrogen and oxygen atoms in total. The lowest BCUT2D eigenvalue weighted by atomic mass is 9.85. The fourth-order valence-corrected chi connectivity index (χ4v) is 5.24. The number of piperidine rings is 1. The summed E-state index contributed by atoms with van der Waals surface area (Å²) < 4.78 is 3.97. The first-order chi connectivity index (χ1) is 16.1. The summed E-state index contributed by atoms with van der Waals surface area (Å²) in [5, 5.41) is 19.8. The van der Waals surface area contributed by atoms with Crippen LogP contribution in [-0.2, 0) is 6.54 Å². The molecule has 0 atom stereocenters. The second-order valence-electron chi connectivity index (χ2n) is 9.35. The van der Waals surface area contributed by atoms with Gasteiger partial charge >= 0.3 is 6.09 Å². The zero-order valence-electron chi connectivity index (χ0n) is 18.4. The molecule has 9 heteroatoms. The number of nitrogens with zero attached hydrogens (tertiary/aromatic N) is 6. The predicted octanol–water partition coefficient (Wildman–Crippen LogP) is 3.99. The minimum atomic E-state index is -0.856. The predicted molar refractivity (Wildman–Crippen MR) is 125 cm³/mol. The van der Waals surface area contributed by atoms with Crippen molar-refractivity contribution in [2.75, 3.05) is 18.8 Å². The Bertz CT molecular complexity index is 1350. The first kappa shape index (κ1) is 20.0. The number of hydrogen-bond donors (Lipinski definition) is 2. The Labute approximate surface area is 190 Å². The third-order valence-corrected chi connectivity index (χ3v) is 7.33. The van der Waals surface area contributed by atoms with E-state index in [-0.39, 0.29) is 5.92 Å². The molecule has 6 rings (SSSR count). The molecule has 1 saturated heterocycles. The van der Waals surface area contributed by atoms with Crippen LogP contribution in [0, 0.1) is 5.92 Å². The first-order valence-electron chi connectivity index (χ1n) is 11.6. The maximum Gasteiger partial charge on any atom is 0.407 e. The van der Waals surface area contributed by atoms with Gasteiger partial charge in [0.1, 0.15) is 11.8 Å². The van der Waals surface area contributed by atoms with Crippen molar-refractivity contribution in [3.63, 3.8) is 0 Å². The molecule has 0 unspecified atom stereocenters. The molecule has 2 aliphatic rings. The van der Waals surface area contributed by atoms with Gasteiger partial charge in [-0.2, -0.15) is 10.2 Å². The van der Waals surface area contributed by atoms with Crippen molar-refractivity contribution in [2.24, 2.45) is 5.92 Å². The number of hydrogen-bond acceptors (Lipinski definition) is 5. The average Bonchev–Trinajstić information content (AvgIpc) is 3.38. The van der Waals surface area contributed by atoms with Gasteiger partial charge in [0.2, 0.25) is 0 Å². The number of likely N-dealkylation sites (tertiary alicyclic amines) is 1.